The molecule has 2 unspecified atom stereocenters. The molecule has 0 aromatic heterocycles. The minimum atomic E-state index is -0.918. The zero-order valence-electron chi connectivity index (χ0n) is 7.71. The van der Waals surface area contributed by atoms with Crippen molar-refractivity contribution in [2.24, 2.45) is 0 Å². The van der Waals surface area contributed by atoms with E-state index in [2.05, 4.69) is 6.07 Å². The molecule has 74 valence electrons. The van der Waals surface area contributed by atoms with E-state index in [1.165, 1.54) is 0 Å². The number of ether oxygens (including phenoxy) is 1. The topological polar surface area (TPSA) is 51.5 Å². The maximum Gasteiger partial charge on any atom is 0.249 e. The number of fused-ring (bicyclic) bond motifs is 2. The second-order valence-electron chi connectivity index (χ2n) is 3.38. The maximum atomic E-state index is 8.67. The van der Waals surface area contributed by atoms with Gasteiger partial charge in [-0.2, -0.15) is 15.0 Å². The van der Waals surface area contributed by atoms with Gasteiger partial charge in [0.1, 0.15) is 0 Å². The first-order chi connectivity index (χ1) is 7.32. The Morgan fingerprint density at radius 2 is 2.07 bits per heavy atom. The monoisotopic (exact) mass is 201 g/mol. The van der Waals surface area contributed by atoms with Gasteiger partial charge in [0.2, 0.25) is 12.1 Å². The molecule has 4 heteroatoms. The average molecular weight is 201 g/mol. The average Bonchev–Trinajstić information content (AvgIpc) is 2.90. The Morgan fingerprint density at radius 3 is 2.53 bits per heavy atom. The van der Waals surface area contributed by atoms with Crippen LogP contribution in [-0.4, -0.2) is 6.29 Å². The number of rotatable bonds is 1. The lowest BCUT2D eigenvalue weighted by Crippen LogP contribution is -2.22. The quantitative estimate of drug-likeness (QED) is 0.511. The van der Waals surface area contributed by atoms with Crippen LogP contribution in [0.15, 0.2) is 36.4 Å². The summed E-state index contributed by atoms with van der Waals surface area (Å²) in [6.45, 7) is 0. The van der Waals surface area contributed by atoms with Gasteiger partial charge in [-0.15, -0.1) is 0 Å². The van der Waals surface area contributed by atoms with Gasteiger partial charge in [0.05, 0.1) is 11.6 Å². The van der Waals surface area contributed by atoms with Crippen molar-refractivity contribution in [3.05, 3.63) is 47.5 Å². The third kappa shape index (κ3) is 1.18. The van der Waals surface area contributed by atoms with Crippen LogP contribution in [0.2, 0.25) is 0 Å². The minimum absolute atomic E-state index is 0.416. The SMILES string of the molecule is N#Cc1ccc(C23C=CC(OO2)O3)cc1. The van der Waals surface area contributed by atoms with Crippen LogP contribution in [0.3, 0.4) is 0 Å². The lowest BCUT2D eigenvalue weighted by Gasteiger charge is -2.18. The summed E-state index contributed by atoms with van der Waals surface area (Å²) < 4.78 is 5.48. The van der Waals surface area contributed by atoms with Crippen LogP contribution in [0.25, 0.3) is 0 Å². The van der Waals surface area contributed by atoms with Crippen LogP contribution in [-0.2, 0) is 20.3 Å². The first-order valence-electron chi connectivity index (χ1n) is 4.55. The molecule has 0 saturated carbocycles. The highest BCUT2D eigenvalue weighted by Crippen LogP contribution is 2.41. The molecule has 1 saturated heterocycles. The standard InChI is InChI=1S/C11H7NO3/c12-7-8-1-3-9(4-2-8)11-6-5-10(13-11)14-15-11/h1-6,10H. The van der Waals surface area contributed by atoms with Gasteiger partial charge in [-0.1, -0.05) is 12.1 Å². The van der Waals surface area contributed by atoms with Crippen molar-refractivity contribution in [2.75, 3.05) is 0 Å². The Hall–Kier alpha value is -1.67. The van der Waals surface area contributed by atoms with E-state index in [4.69, 9.17) is 19.8 Å². The van der Waals surface area contributed by atoms with Crippen molar-refractivity contribution in [2.45, 2.75) is 12.1 Å². The summed E-state index contributed by atoms with van der Waals surface area (Å²) in [7, 11) is 0. The highest BCUT2D eigenvalue weighted by atomic mass is 17.3. The van der Waals surface area contributed by atoms with Gasteiger partial charge in [-0.05, 0) is 24.3 Å². The van der Waals surface area contributed by atoms with E-state index < -0.39 is 12.1 Å². The number of hydrogen-bond acceptors (Lipinski definition) is 4. The normalized spacial score (nSPS) is 31.8. The number of benzene rings is 1. The highest BCUT2D eigenvalue weighted by Gasteiger charge is 2.47. The second kappa shape index (κ2) is 2.91. The van der Waals surface area contributed by atoms with Crippen molar-refractivity contribution in [3.63, 3.8) is 0 Å². The Labute approximate surface area is 86.2 Å². The molecule has 0 amide bonds. The second-order valence-corrected chi connectivity index (χ2v) is 3.38. The van der Waals surface area contributed by atoms with Gasteiger partial charge in [-0.25, -0.2) is 0 Å². The van der Waals surface area contributed by atoms with Gasteiger partial charge < -0.3 is 4.74 Å². The summed E-state index contributed by atoms with van der Waals surface area (Å²) in [6.07, 6.45) is 3.19. The summed E-state index contributed by atoms with van der Waals surface area (Å²) >= 11 is 0. The van der Waals surface area contributed by atoms with Crippen molar-refractivity contribution in [1.29, 1.82) is 5.26 Å². The van der Waals surface area contributed by atoms with Crippen LogP contribution in [0.5, 0.6) is 0 Å². The van der Waals surface area contributed by atoms with Gasteiger partial charge in [-0.3, -0.25) is 0 Å². The Morgan fingerprint density at radius 1 is 1.27 bits per heavy atom. The maximum absolute atomic E-state index is 8.67. The molecule has 2 aliphatic heterocycles. The molecule has 2 bridgehead atoms. The van der Waals surface area contributed by atoms with E-state index >= 15 is 0 Å². The lowest BCUT2D eigenvalue weighted by atomic mass is 10.0. The van der Waals surface area contributed by atoms with E-state index in [-0.39, 0.29) is 0 Å². The van der Waals surface area contributed by atoms with Crippen LogP contribution in [0.4, 0.5) is 0 Å². The Kier molecular flexibility index (Phi) is 1.67. The smallest absolute Gasteiger partial charge is 0.249 e. The molecule has 4 nitrogen and oxygen atoms in total. The van der Waals surface area contributed by atoms with E-state index in [1.807, 2.05) is 6.08 Å². The first-order valence-corrected chi connectivity index (χ1v) is 4.55. The number of nitriles is 1. The van der Waals surface area contributed by atoms with Crippen LogP contribution < -0.4 is 0 Å². The Bertz CT molecular complexity index is 460. The third-order valence-electron chi connectivity index (χ3n) is 2.45. The summed E-state index contributed by atoms with van der Waals surface area (Å²) in [5.74, 6) is -0.918. The molecule has 0 radical (unpaired) electrons. The lowest BCUT2D eigenvalue weighted by molar-refractivity contribution is -0.323. The van der Waals surface area contributed by atoms with E-state index in [1.54, 1.807) is 30.3 Å². The van der Waals surface area contributed by atoms with Crippen molar-refractivity contribution >= 4 is 0 Å². The molecule has 15 heavy (non-hydrogen) atoms. The molecule has 1 aromatic carbocycles. The molecule has 2 atom stereocenters. The predicted molar refractivity (Wildman–Crippen MR) is 49.0 cm³/mol. The fourth-order valence-corrected chi connectivity index (χ4v) is 1.66. The van der Waals surface area contributed by atoms with Crippen LogP contribution in [0.1, 0.15) is 11.1 Å². The van der Waals surface area contributed by atoms with Crippen molar-refractivity contribution in [3.8, 4) is 6.07 Å². The molecular formula is C11H7NO3. The van der Waals surface area contributed by atoms with Gasteiger partial charge >= 0.3 is 0 Å². The molecule has 2 heterocycles. The third-order valence-corrected chi connectivity index (χ3v) is 2.45. The first kappa shape index (κ1) is 8.62. The Balaban J connectivity index is 2.00. The highest BCUT2D eigenvalue weighted by molar-refractivity contribution is 5.36. The molecule has 1 fully saturated rings. The molecule has 0 spiro atoms. The van der Waals surface area contributed by atoms with Crippen molar-refractivity contribution < 1.29 is 14.5 Å². The van der Waals surface area contributed by atoms with Gasteiger partial charge in [0.25, 0.3) is 0 Å². The van der Waals surface area contributed by atoms with Gasteiger partial charge in [0.15, 0.2) is 0 Å². The number of hydrogen-bond donors (Lipinski definition) is 0. The zero-order valence-corrected chi connectivity index (χ0v) is 7.71. The predicted octanol–water partition coefficient (Wildman–Crippen LogP) is 1.59. The summed E-state index contributed by atoms with van der Waals surface area (Å²) in [6, 6.07) is 9.08. The summed E-state index contributed by atoms with van der Waals surface area (Å²) in [5.41, 5.74) is 1.42. The fourth-order valence-electron chi connectivity index (χ4n) is 1.66. The summed E-state index contributed by atoms with van der Waals surface area (Å²) in [4.78, 5) is 10.00. The minimum Gasteiger partial charge on any atom is -0.304 e. The van der Waals surface area contributed by atoms with E-state index in [0.717, 1.165) is 5.56 Å². The van der Waals surface area contributed by atoms with Gasteiger partial charge in [0, 0.05) is 5.56 Å². The fraction of sp³-hybridized carbons (Fsp3) is 0.182. The number of nitrogens with zero attached hydrogens (tertiary/aromatic N) is 1. The van der Waals surface area contributed by atoms with E-state index in [0.29, 0.717) is 5.56 Å². The molecule has 0 N–H and O–H groups in total. The van der Waals surface area contributed by atoms with Crippen LogP contribution in [0, 0.1) is 11.3 Å². The zero-order chi connectivity index (χ0) is 10.3. The largest absolute Gasteiger partial charge is 0.304 e. The molecule has 0 aliphatic carbocycles. The molecule has 3 rings (SSSR count). The molecule has 1 aromatic rings. The summed E-state index contributed by atoms with van der Waals surface area (Å²) in [5, 5.41) is 8.67. The van der Waals surface area contributed by atoms with Crippen molar-refractivity contribution in [1.82, 2.24) is 0 Å². The van der Waals surface area contributed by atoms with Crippen LogP contribution >= 0.6 is 0 Å². The molecule has 2 aliphatic rings. The van der Waals surface area contributed by atoms with E-state index in [9.17, 15) is 0 Å². The molecular weight excluding hydrogens is 194 g/mol.